The number of hydrogen-bond acceptors (Lipinski definition) is 3. The highest BCUT2D eigenvalue weighted by atomic mass is 32.2. The summed E-state index contributed by atoms with van der Waals surface area (Å²) in [5, 5.41) is 5.94. The van der Waals surface area contributed by atoms with Gasteiger partial charge in [-0.2, -0.15) is 0 Å². The summed E-state index contributed by atoms with van der Waals surface area (Å²) in [7, 11) is 0. The smallest absolute Gasteiger partial charge is 0.262 e. The molecule has 0 saturated heterocycles. The van der Waals surface area contributed by atoms with Crippen LogP contribution in [0.3, 0.4) is 0 Å². The predicted molar refractivity (Wildman–Crippen MR) is 116 cm³/mol. The summed E-state index contributed by atoms with van der Waals surface area (Å²) in [5.41, 5.74) is 5.12. The van der Waals surface area contributed by atoms with E-state index in [1.165, 1.54) is 11.8 Å². The Morgan fingerprint density at radius 3 is 2.34 bits per heavy atom. The van der Waals surface area contributed by atoms with E-state index in [0.717, 1.165) is 33.0 Å². The zero-order valence-corrected chi connectivity index (χ0v) is 16.5. The van der Waals surface area contributed by atoms with Crippen LogP contribution >= 0.6 is 11.8 Å². The van der Waals surface area contributed by atoms with Gasteiger partial charge in [0.05, 0.1) is 10.6 Å². The van der Waals surface area contributed by atoms with Gasteiger partial charge < -0.3 is 10.6 Å². The molecule has 2 aliphatic heterocycles. The maximum absolute atomic E-state index is 13.2. The van der Waals surface area contributed by atoms with E-state index in [0.29, 0.717) is 10.5 Å². The highest BCUT2D eigenvalue weighted by molar-refractivity contribution is 8.04. The average molecular weight is 398 g/mol. The van der Waals surface area contributed by atoms with Gasteiger partial charge in [-0.1, -0.05) is 66.4 Å². The molecule has 0 bridgehead atoms. The van der Waals surface area contributed by atoms with Gasteiger partial charge in [0.1, 0.15) is 0 Å². The van der Waals surface area contributed by atoms with Gasteiger partial charge in [-0.05, 0) is 41.8 Å². The summed E-state index contributed by atoms with van der Waals surface area (Å²) < 4.78 is 0. The minimum Gasteiger partial charge on any atom is -0.322 e. The summed E-state index contributed by atoms with van der Waals surface area (Å²) in [5.74, 6) is -0.775. The van der Waals surface area contributed by atoms with Crippen molar-refractivity contribution in [2.24, 2.45) is 0 Å². The van der Waals surface area contributed by atoms with Crippen LogP contribution in [0.1, 0.15) is 22.6 Å². The second-order valence-electron chi connectivity index (χ2n) is 7.18. The first kappa shape index (κ1) is 17.8. The van der Waals surface area contributed by atoms with E-state index >= 15 is 0 Å². The van der Waals surface area contributed by atoms with Crippen molar-refractivity contribution >= 4 is 35.0 Å². The normalized spacial score (nSPS) is 20.4. The van der Waals surface area contributed by atoms with Gasteiger partial charge in [-0.25, -0.2) is 0 Å². The Hall–Kier alpha value is -3.31. The first-order chi connectivity index (χ1) is 14.1. The number of aryl methyl sites for hydroxylation is 1. The molecule has 2 N–H and O–H groups in total. The number of anilines is 2. The first-order valence-corrected chi connectivity index (χ1v) is 10.2. The lowest BCUT2D eigenvalue weighted by molar-refractivity contribution is -0.115. The van der Waals surface area contributed by atoms with E-state index in [4.69, 9.17) is 0 Å². The molecule has 2 amide bonds. The summed E-state index contributed by atoms with van der Waals surface area (Å²) in [6, 6.07) is 23.6. The van der Waals surface area contributed by atoms with Crippen molar-refractivity contribution < 1.29 is 9.59 Å². The number of para-hydroxylation sites is 1. The molecular formula is C24H18N2O2S. The maximum atomic E-state index is 13.2. The standard InChI is InChI=1S/C24H18N2O2S/c1-14-11-12-16-18(13-14)26-23(27)21(20(16)15-7-3-2-4-8-15)22-24(28)25-17-9-5-6-10-19(17)29-22/h2-13,20H,1H3,(H,25,28)(H,26,27)/b22-21+/t20-/m0/s1. The topological polar surface area (TPSA) is 58.2 Å². The Balaban J connectivity index is 1.74. The molecule has 29 heavy (non-hydrogen) atoms. The van der Waals surface area contributed by atoms with Crippen molar-refractivity contribution in [2.45, 2.75) is 17.7 Å². The number of thioether (sulfide) groups is 1. The van der Waals surface area contributed by atoms with Crippen LogP contribution in [0.2, 0.25) is 0 Å². The van der Waals surface area contributed by atoms with Gasteiger partial charge in [0, 0.05) is 22.1 Å². The third-order valence-corrected chi connectivity index (χ3v) is 6.42. The lowest BCUT2D eigenvalue weighted by Gasteiger charge is -2.31. The number of benzene rings is 3. The molecule has 5 heteroatoms. The average Bonchev–Trinajstić information content (AvgIpc) is 2.73. The van der Waals surface area contributed by atoms with Crippen LogP contribution in [-0.4, -0.2) is 11.8 Å². The molecule has 0 radical (unpaired) electrons. The number of hydrogen-bond donors (Lipinski definition) is 2. The molecule has 0 aliphatic carbocycles. The summed E-state index contributed by atoms with van der Waals surface area (Å²) in [6.45, 7) is 2.00. The zero-order valence-electron chi connectivity index (χ0n) is 15.7. The van der Waals surface area contributed by atoms with E-state index in [1.54, 1.807) is 0 Å². The molecule has 3 aromatic rings. The third-order valence-electron chi connectivity index (χ3n) is 5.23. The van der Waals surface area contributed by atoms with Gasteiger partial charge in [0.2, 0.25) is 0 Å². The van der Waals surface area contributed by atoms with Crippen molar-refractivity contribution in [1.82, 2.24) is 0 Å². The van der Waals surface area contributed by atoms with E-state index in [2.05, 4.69) is 10.6 Å². The van der Waals surface area contributed by atoms with Gasteiger partial charge in [0.15, 0.2) is 0 Å². The van der Waals surface area contributed by atoms with Crippen molar-refractivity contribution in [3.63, 3.8) is 0 Å². The van der Waals surface area contributed by atoms with Crippen LogP contribution in [0, 0.1) is 6.92 Å². The molecular weight excluding hydrogens is 380 g/mol. The van der Waals surface area contributed by atoms with Gasteiger partial charge in [-0.3, -0.25) is 9.59 Å². The van der Waals surface area contributed by atoms with Crippen molar-refractivity contribution in [1.29, 1.82) is 0 Å². The van der Waals surface area contributed by atoms with Crippen molar-refractivity contribution in [2.75, 3.05) is 10.6 Å². The van der Waals surface area contributed by atoms with Crippen LogP contribution in [0.15, 0.2) is 88.2 Å². The van der Waals surface area contributed by atoms with Crippen molar-refractivity contribution in [3.05, 3.63) is 100.0 Å². The van der Waals surface area contributed by atoms with E-state index in [9.17, 15) is 9.59 Å². The van der Waals surface area contributed by atoms with Crippen LogP contribution in [0.25, 0.3) is 0 Å². The molecule has 0 fully saturated rings. The number of carbonyl (C=O) groups excluding carboxylic acids is 2. The molecule has 2 aliphatic rings. The van der Waals surface area contributed by atoms with Crippen LogP contribution in [0.5, 0.6) is 0 Å². The molecule has 2 heterocycles. The molecule has 0 saturated carbocycles. The molecule has 5 rings (SSSR count). The van der Waals surface area contributed by atoms with Gasteiger partial charge >= 0.3 is 0 Å². The van der Waals surface area contributed by atoms with E-state index < -0.39 is 0 Å². The first-order valence-electron chi connectivity index (χ1n) is 9.41. The Morgan fingerprint density at radius 2 is 1.52 bits per heavy atom. The quantitative estimate of drug-likeness (QED) is 0.562. The predicted octanol–water partition coefficient (Wildman–Crippen LogP) is 5.08. The molecule has 0 spiro atoms. The van der Waals surface area contributed by atoms with Crippen LogP contribution in [0.4, 0.5) is 11.4 Å². The van der Waals surface area contributed by atoms with E-state index in [1.807, 2.05) is 79.7 Å². The van der Waals surface area contributed by atoms with Gasteiger partial charge in [-0.15, -0.1) is 0 Å². The summed E-state index contributed by atoms with van der Waals surface area (Å²) >= 11 is 1.36. The maximum Gasteiger partial charge on any atom is 0.262 e. The summed E-state index contributed by atoms with van der Waals surface area (Å²) in [4.78, 5) is 27.6. The largest absolute Gasteiger partial charge is 0.322 e. The minimum absolute atomic E-state index is 0.228. The summed E-state index contributed by atoms with van der Waals surface area (Å²) in [6.07, 6.45) is 0. The number of rotatable bonds is 1. The Bertz CT molecular complexity index is 1180. The SMILES string of the molecule is Cc1ccc2c(c1)NC(=O)/C(=C1/Sc3ccccc3NC1=O)[C@H]2c1ccccc1. The fraction of sp³-hybridized carbons (Fsp3) is 0.0833. The molecule has 0 aromatic heterocycles. The minimum atomic E-state index is -0.306. The second kappa shape index (κ2) is 6.94. The Kier molecular flexibility index (Phi) is 4.25. The highest BCUT2D eigenvalue weighted by Crippen LogP contribution is 2.47. The third kappa shape index (κ3) is 3.04. The fourth-order valence-electron chi connectivity index (χ4n) is 3.90. The monoisotopic (exact) mass is 398 g/mol. The number of amides is 2. The van der Waals surface area contributed by atoms with Gasteiger partial charge in [0.25, 0.3) is 11.8 Å². The lowest BCUT2D eigenvalue weighted by Crippen LogP contribution is -2.31. The van der Waals surface area contributed by atoms with Crippen LogP contribution < -0.4 is 10.6 Å². The Morgan fingerprint density at radius 1 is 0.793 bits per heavy atom. The molecule has 0 unspecified atom stereocenters. The lowest BCUT2D eigenvalue weighted by atomic mass is 9.80. The molecule has 4 nitrogen and oxygen atoms in total. The molecule has 3 aromatic carbocycles. The zero-order chi connectivity index (χ0) is 20.0. The highest BCUT2D eigenvalue weighted by Gasteiger charge is 2.37. The molecule has 142 valence electrons. The number of fused-ring (bicyclic) bond motifs is 2. The van der Waals surface area contributed by atoms with Crippen molar-refractivity contribution in [3.8, 4) is 0 Å². The molecule has 1 atom stereocenters. The second-order valence-corrected chi connectivity index (χ2v) is 8.24. The number of carbonyl (C=O) groups is 2. The number of nitrogens with one attached hydrogen (secondary N) is 2. The fourth-order valence-corrected chi connectivity index (χ4v) is 4.96. The van der Waals surface area contributed by atoms with Crippen LogP contribution in [-0.2, 0) is 9.59 Å². The Labute approximate surface area is 173 Å². The van der Waals surface area contributed by atoms with E-state index in [-0.39, 0.29) is 17.7 Å².